The van der Waals surface area contributed by atoms with Crippen LogP contribution in [0.15, 0.2) is 54.6 Å². The fraction of sp³-hybridized carbons (Fsp3) is 0.292. The smallest absolute Gasteiger partial charge is 0.228 e. The Morgan fingerprint density at radius 3 is 2.41 bits per heavy atom. The molecule has 3 heterocycles. The van der Waals surface area contributed by atoms with E-state index >= 15 is 0 Å². The van der Waals surface area contributed by atoms with Gasteiger partial charge < -0.3 is 20.3 Å². The highest BCUT2D eigenvalue weighted by Gasteiger charge is 2.24. The summed E-state index contributed by atoms with van der Waals surface area (Å²) in [6.07, 6.45) is 0. The SMILES string of the molecule is COc1ccccc1-c1nc(N2CCN(C)CC2)nc2nn(Cc3ccccc3)c(N)c12. The lowest BCUT2D eigenvalue weighted by Gasteiger charge is -2.32. The molecule has 32 heavy (non-hydrogen) atoms. The third-order valence-corrected chi connectivity index (χ3v) is 5.95. The predicted molar refractivity (Wildman–Crippen MR) is 127 cm³/mol. The van der Waals surface area contributed by atoms with Crippen molar-refractivity contribution in [2.75, 3.05) is 51.0 Å². The maximum Gasteiger partial charge on any atom is 0.228 e. The van der Waals surface area contributed by atoms with E-state index in [0.717, 1.165) is 54.1 Å². The van der Waals surface area contributed by atoms with E-state index in [2.05, 4.69) is 29.0 Å². The predicted octanol–water partition coefficient (Wildman–Crippen LogP) is 2.88. The van der Waals surface area contributed by atoms with Crippen molar-refractivity contribution in [3.8, 4) is 17.0 Å². The highest BCUT2D eigenvalue weighted by atomic mass is 16.5. The number of nitrogen functional groups attached to an aromatic ring is 1. The average molecular weight is 430 g/mol. The van der Waals surface area contributed by atoms with Crippen LogP contribution >= 0.6 is 0 Å². The van der Waals surface area contributed by atoms with Crippen LogP contribution in [0.25, 0.3) is 22.3 Å². The molecule has 0 atom stereocenters. The van der Waals surface area contributed by atoms with Gasteiger partial charge in [0.1, 0.15) is 11.6 Å². The summed E-state index contributed by atoms with van der Waals surface area (Å²) in [6, 6.07) is 18.0. The van der Waals surface area contributed by atoms with Gasteiger partial charge in [0.05, 0.1) is 24.7 Å². The minimum atomic E-state index is 0.551. The maximum absolute atomic E-state index is 6.62. The Kier molecular flexibility index (Phi) is 5.36. The summed E-state index contributed by atoms with van der Waals surface area (Å²) >= 11 is 0. The van der Waals surface area contributed by atoms with Gasteiger partial charge in [-0.3, -0.25) is 0 Å². The van der Waals surface area contributed by atoms with Gasteiger partial charge in [-0.05, 0) is 24.7 Å². The Morgan fingerprint density at radius 1 is 0.938 bits per heavy atom. The maximum atomic E-state index is 6.62. The second-order valence-corrected chi connectivity index (χ2v) is 8.09. The highest BCUT2D eigenvalue weighted by molar-refractivity contribution is 6.00. The average Bonchev–Trinajstić information content (AvgIpc) is 3.14. The zero-order chi connectivity index (χ0) is 22.1. The van der Waals surface area contributed by atoms with Crippen molar-refractivity contribution in [1.82, 2.24) is 24.6 Å². The monoisotopic (exact) mass is 429 g/mol. The number of benzene rings is 2. The third kappa shape index (κ3) is 3.73. The summed E-state index contributed by atoms with van der Waals surface area (Å²) in [6.45, 7) is 4.24. The molecule has 2 N–H and O–H groups in total. The van der Waals surface area contributed by atoms with Gasteiger partial charge >= 0.3 is 0 Å². The van der Waals surface area contributed by atoms with Crippen LogP contribution in [-0.4, -0.2) is 65.0 Å². The number of methoxy groups -OCH3 is 1. The molecule has 0 aliphatic carbocycles. The zero-order valence-corrected chi connectivity index (χ0v) is 18.4. The zero-order valence-electron chi connectivity index (χ0n) is 18.4. The first-order valence-corrected chi connectivity index (χ1v) is 10.8. The molecule has 0 amide bonds. The van der Waals surface area contributed by atoms with Gasteiger partial charge in [-0.15, -0.1) is 5.10 Å². The van der Waals surface area contributed by atoms with E-state index in [1.165, 1.54) is 0 Å². The van der Waals surface area contributed by atoms with Gasteiger partial charge in [-0.25, -0.2) is 9.67 Å². The van der Waals surface area contributed by atoms with Crippen LogP contribution in [0.5, 0.6) is 5.75 Å². The molecule has 0 unspecified atom stereocenters. The van der Waals surface area contributed by atoms with E-state index in [9.17, 15) is 0 Å². The lowest BCUT2D eigenvalue weighted by Crippen LogP contribution is -2.45. The first-order valence-electron chi connectivity index (χ1n) is 10.8. The van der Waals surface area contributed by atoms with Gasteiger partial charge in [-0.1, -0.05) is 42.5 Å². The Hall–Kier alpha value is -3.65. The lowest BCUT2D eigenvalue weighted by atomic mass is 10.1. The molecule has 1 fully saturated rings. The van der Waals surface area contributed by atoms with Gasteiger partial charge in [0.15, 0.2) is 5.65 Å². The molecular formula is C24H27N7O. The molecule has 0 bridgehead atoms. The molecule has 5 rings (SSSR count). The van der Waals surface area contributed by atoms with E-state index in [1.807, 2.05) is 42.5 Å². The quantitative estimate of drug-likeness (QED) is 0.522. The largest absolute Gasteiger partial charge is 0.496 e. The number of hydrogen-bond donors (Lipinski definition) is 1. The minimum absolute atomic E-state index is 0.551. The molecule has 0 saturated carbocycles. The third-order valence-electron chi connectivity index (χ3n) is 5.95. The summed E-state index contributed by atoms with van der Waals surface area (Å²) in [5.41, 5.74) is 9.97. The number of nitrogens with zero attached hydrogens (tertiary/aromatic N) is 6. The Morgan fingerprint density at radius 2 is 1.66 bits per heavy atom. The molecule has 1 aliphatic heterocycles. The molecular weight excluding hydrogens is 402 g/mol. The Labute approximate surface area is 187 Å². The van der Waals surface area contributed by atoms with E-state index in [4.69, 9.17) is 25.5 Å². The molecule has 2 aromatic heterocycles. The van der Waals surface area contributed by atoms with E-state index in [1.54, 1.807) is 11.8 Å². The van der Waals surface area contributed by atoms with Crippen molar-refractivity contribution in [3.05, 3.63) is 60.2 Å². The van der Waals surface area contributed by atoms with Gasteiger partial charge in [-0.2, -0.15) is 4.98 Å². The second-order valence-electron chi connectivity index (χ2n) is 8.09. The summed E-state index contributed by atoms with van der Waals surface area (Å²) in [5.74, 6) is 1.97. The normalized spacial score (nSPS) is 14.8. The highest BCUT2D eigenvalue weighted by Crippen LogP contribution is 2.37. The summed E-state index contributed by atoms with van der Waals surface area (Å²) < 4.78 is 7.45. The molecule has 2 aromatic carbocycles. The number of fused-ring (bicyclic) bond motifs is 1. The Balaban J connectivity index is 1.67. The van der Waals surface area contributed by atoms with Crippen molar-refractivity contribution in [1.29, 1.82) is 0 Å². The number of para-hydroxylation sites is 1. The van der Waals surface area contributed by atoms with Crippen LogP contribution in [0.2, 0.25) is 0 Å². The van der Waals surface area contributed by atoms with Crippen molar-refractivity contribution in [3.63, 3.8) is 0 Å². The first-order chi connectivity index (χ1) is 15.6. The van der Waals surface area contributed by atoms with Crippen LogP contribution in [-0.2, 0) is 6.54 Å². The topological polar surface area (TPSA) is 85.3 Å². The number of likely N-dealkylation sites (N-methyl/N-ethyl adjacent to an activating group) is 1. The molecule has 8 nitrogen and oxygen atoms in total. The van der Waals surface area contributed by atoms with E-state index < -0.39 is 0 Å². The summed E-state index contributed by atoms with van der Waals surface area (Å²) in [5, 5.41) is 5.54. The number of nitrogens with two attached hydrogens (primary N) is 1. The minimum Gasteiger partial charge on any atom is -0.496 e. The number of hydrogen-bond acceptors (Lipinski definition) is 7. The first kappa shape index (κ1) is 20.3. The Bertz CT molecular complexity index is 1230. The van der Waals surface area contributed by atoms with E-state index in [0.29, 0.717) is 24.0 Å². The molecule has 0 spiro atoms. The number of ether oxygens (including phenoxy) is 1. The number of rotatable bonds is 5. The number of anilines is 2. The molecule has 1 saturated heterocycles. The molecule has 0 radical (unpaired) electrons. The van der Waals surface area contributed by atoms with Crippen molar-refractivity contribution < 1.29 is 4.74 Å². The van der Waals surface area contributed by atoms with E-state index in [-0.39, 0.29) is 0 Å². The second kappa shape index (κ2) is 8.47. The number of aromatic nitrogens is 4. The standard InChI is InChI=1S/C24H27N7O/c1-29-12-14-30(15-13-29)24-26-21(18-10-6-7-11-19(18)32-2)20-22(25)31(28-23(20)27-24)16-17-8-4-3-5-9-17/h3-11H,12-16,25H2,1-2H3. The van der Waals surface area contributed by atoms with Crippen LogP contribution in [0.1, 0.15) is 5.56 Å². The van der Waals surface area contributed by atoms with Gasteiger partial charge in [0.2, 0.25) is 5.95 Å². The van der Waals surface area contributed by atoms with Crippen LogP contribution < -0.4 is 15.4 Å². The number of piperazine rings is 1. The van der Waals surface area contributed by atoms with Crippen molar-refractivity contribution in [2.24, 2.45) is 0 Å². The van der Waals surface area contributed by atoms with Crippen LogP contribution in [0.3, 0.4) is 0 Å². The lowest BCUT2D eigenvalue weighted by molar-refractivity contribution is 0.311. The van der Waals surface area contributed by atoms with Crippen molar-refractivity contribution >= 4 is 22.8 Å². The fourth-order valence-corrected chi connectivity index (χ4v) is 4.10. The van der Waals surface area contributed by atoms with Gasteiger partial charge in [0, 0.05) is 31.7 Å². The summed E-state index contributed by atoms with van der Waals surface area (Å²) in [4.78, 5) is 14.3. The fourth-order valence-electron chi connectivity index (χ4n) is 4.10. The molecule has 1 aliphatic rings. The van der Waals surface area contributed by atoms with Gasteiger partial charge in [0.25, 0.3) is 0 Å². The molecule has 8 heteroatoms. The van der Waals surface area contributed by atoms with Crippen molar-refractivity contribution in [2.45, 2.75) is 6.54 Å². The van der Waals surface area contributed by atoms with Crippen LogP contribution in [0.4, 0.5) is 11.8 Å². The van der Waals surface area contributed by atoms with Crippen LogP contribution in [0, 0.1) is 0 Å². The molecule has 4 aromatic rings. The molecule has 164 valence electrons. The summed E-state index contributed by atoms with van der Waals surface area (Å²) in [7, 11) is 3.80.